The quantitative estimate of drug-likeness (QED) is 0.814. The van der Waals surface area contributed by atoms with Crippen LogP contribution in [-0.2, 0) is 10.0 Å². The molecule has 2 N–H and O–H groups in total. The fourth-order valence-corrected chi connectivity index (χ4v) is 4.10. The lowest BCUT2D eigenvalue weighted by Gasteiger charge is -2.24. The summed E-state index contributed by atoms with van der Waals surface area (Å²) in [6.07, 6.45) is 0.113. The van der Waals surface area contributed by atoms with Gasteiger partial charge in [0.25, 0.3) is 0 Å². The smallest absolute Gasteiger partial charge is 0.243 e. The van der Waals surface area contributed by atoms with E-state index in [1.165, 1.54) is 0 Å². The van der Waals surface area contributed by atoms with Gasteiger partial charge in [0.1, 0.15) is 16.5 Å². The van der Waals surface area contributed by atoms with Crippen molar-refractivity contribution in [2.24, 2.45) is 5.92 Å². The third kappa shape index (κ3) is 4.69. The zero-order valence-electron chi connectivity index (χ0n) is 13.2. The van der Waals surface area contributed by atoms with Crippen molar-refractivity contribution < 1.29 is 22.3 Å². The topological polar surface area (TPSA) is 69.6 Å². The van der Waals surface area contributed by atoms with Crippen LogP contribution in [0.5, 0.6) is 0 Å². The van der Waals surface area contributed by atoms with Crippen LogP contribution in [0, 0.1) is 17.6 Å². The number of rotatable bonds is 6. The van der Waals surface area contributed by atoms with Crippen LogP contribution >= 0.6 is 0 Å². The lowest BCUT2D eigenvalue weighted by Crippen LogP contribution is -2.41. The van der Waals surface area contributed by atoms with Gasteiger partial charge in [-0.15, -0.1) is 0 Å². The Kier molecular flexibility index (Phi) is 5.72. The Morgan fingerprint density at radius 1 is 1.39 bits per heavy atom. The van der Waals surface area contributed by atoms with Crippen LogP contribution < -0.4 is 4.72 Å². The molecule has 0 amide bonds. The minimum absolute atomic E-state index is 0.254. The molecule has 1 aromatic rings. The van der Waals surface area contributed by atoms with Gasteiger partial charge >= 0.3 is 0 Å². The molecule has 0 radical (unpaired) electrons. The minimum Gasteiger partial charge on any atom is -0.390 e. The molecule has 3 atom stereocenters. The summed E-state index contributed by atoms with van der Waals surface area (Å²) in [6, 6.07) is 2.55. The second-order valence-electron chi connectivity index (χ2n) is 6.22. The Morgan fingerprint density at radius 3 is 2.70 bits per heavy atom. The van der Waals surface area contributed by atoms with E-state index in [0.717, 1.165) is 25.1 Å². The molecular formula is C15H22F2N2O3S. The monoisotopic (exact) mass is 348 g/mol. The highest BCUT2D eigenvalue weighted by atomic mass is 32.2. The van der Waals surface area contributed by atoms with Crippen molar-refractivity contribution in [1.82, 2.24) is 9.62 Å². The van der Waals surface area contributed by atoms with Crippen LogP contribution in [0.3, 0.4) is 0 Å². The summed E-state index contributed by atoms with van der Waals surface area (Å²) < 4.78 is 52.8. The maximum Gasteiger partial charge on any atom is 0.243 e. The van der Waals surface area contributed by atoms with Gasteiger partial charge in [-0.25, -0.2) is 21.9 Å². The summed E-state index contributed by atoms with van der Waals surface area (Å²) in [5.41, 5.74) is 0. The zero-order valence-corrected chi connectivity index (χ0v) is 14.0. The maximum atomic E-state index is 13.6. The predicted molar refractivity (Wildman–Crippen MR) is 82.4 cm³/mol. The highest BCUT2D eigenvalue weighted by Crippen LogP contribution is 2.22. The summed E-state index contributed by atoms with van der Waals surface area (Å²) >= 11 is 0. The van der Waals surface area contributed by atoms with E-state index in [1.54, 1.807) is 0 Å². The molecule has 130 valence electrons. The highest BCUT2D eigenvalue weighted by molar-refractivity contribution is 7.89. The molecule has 8 heteroatoms. The van der Waals surface area contributed by atoms with E-state index in [-0.39, 0.29) is 6.54 Å². The van der Waals surface area contributed by atoms with Gasteiger partial charge in [-0.3, -0.25) is 4.90 Å². The number of likely N-dealkylation sites (tertiary alicyclic amines) is 1. The number of β-amino-alcohol motifs (C(OH)–C–C–N with tert-alkyl or cyclic N) is 1. The summed E-state index contributed by atoms with van der Waals surface area (Å²) in [7, 11) is -4.21. The van der Waals surface area contributed by atoms with E-state index in [4.69, 9.17) is 0 Å². The molecule has 0 aromatic heterocycles. The van der Waals surface area contributed by atoms with Gasteiger partial charge in [0.15, 0.2) is 0 Å². The molecule has 2 unspecified atom stereocenters. The van der Waals surface area contributed by atoms with Crippen LogP contribution in [0.4, 0.5) is 8.78 Å². The van der Waals surface area contributed by atoms with Crippen molar-refractivity contribution in [3.8, 4) is 0 Å². The Labute approximate surface area is 135 Å². The first-order valence-electron chi connectivity index (χ1n) is 7.56. The summed E-state index contributed by atoms with van der Waals surface area (Å²) in [5.74, 6) is -1.34. The Bertz CT molecular complexity index is 654. The Balaban J connectivity index is 1.95. The molecule has 5 nitrogen and oxygen atoms in total. The van der Waals surface area contributed by atoms with Gasteiger partial charge < -0.3 is 5.11 Å². The number of aliphatic hydroxyl groups excluding tert-OH is 1. The number of sulfonamides is 1. The molecule has 0 aliphatic carbocycles. The third-order valence-corrected chi connectivity index (χ3v) is 5.49. The summed E-state index contributed by atoms with van der Waals surface area (Å²) in [5, 5.41) is 10.0. The third-order valence-electron chi connectivity index (χ3n) is 4.05. The van der Waals surface area contributed by atoms with Gasteiger partial charge in [-0.1, -0.05) is 6.92 Å². The highest BCUT2D eigenvalue weighted by Gasteiger charge is 2.28. The van der Waals surface area contributed by atoms with Gasteiger partial charge in [-0.2, -0.15) is 0 Å². The first kappa shape index (κ1) is 18.3. The molecular weight excluding hydrogens is 326 g/mol. The average molecular weight is 348 g/mol. The largest absolute Gasteiger partial charge is 0.390 e. The van der Waals surface area contributed by atoms with Crippen molar-refractivity contribution in [2.75, 3.05) is 19.6 Å². The molecule has 23 heavy (non-hydrogen) atoms. The predicted octanol–water partition coefficient (Wildman–Crippen LogP) is 1.33. The number of benzene rings is 1. The van der Waals surface area contributed by atoms with E-state index >= 15 is 0 Å². The summed E-state index contributed by atoms with van der Waals surface area (Å²) in [4.78, 5) is 1.33. The molecule has 1 fully saturated rings. The lowest BCUT2D eigenvalue weighted by molar-refractivity contribution is 0.111. The number of hydrogen-bond acceptors (Lipinski definition) is 4. The number of halogens is 2. The van der Waals surface area contributed by atoms with Crippen molar-refractivity contribution in [2.45, 2.75) is 37.3 Å². The SMILES string of the molecule is CC1CC(C)N(C[C@@H](O)CNS(=O)(=O)c2cc(F)ccc2F)C1. The van der Waals surface area contributed by atoms with E-state index in [0.29, 0.717) is 24.6 Å². The second kappa shape index (κ2) is 7.21. The minimum atomic E-state index is -4.21. The molecule has 1 aliphatic rings. The molecule has 0 saturated carbocycles. The molecule has 1 saturated heterocycles. The van der Waals surface area contributed by atoms with E-state index in [2.05, 4.69) is 23.5 Å². The fourth-order valence-electron chi connectivity index (χ4n) is 2.94. The first-order chi connectivity index (χ1) is 10.7. The van der Waals surface area contributed by atoms with Crippen LogP contribution in [-0.4, -0.2) is 50.2 Å². The fraction of sp³-hybridized carbons (Fsp3) is 0.600. The van der Waals surface area contributed by atoms with Gasteiger partial charge in [0.2, 0.25) is 10.0 Å². The average Bonchev–Trinajstić information content (AvgIpc) is 2.77. The van der Waals surface area contributed by atoms with Crippen LogP contribution in [0.1, 0.15) is 20.3 Å². The lowest BCUT2D eigenvalue weighted by atomic mass is 10.1. The van der Waals surface area contributed by atoms with Crippen molar-refractivity contribution in [3.63, 3.8) is 0 Å². The van der Waals surface area contributed by atoms with Gasteiger partial charge in [0.05, 0.1) is 6.10 Å². The Morgan fingerprint density at radius 2 is 2.09 bits per heavy atom. The Hall–Kier alpha value is -1.09. The van der Waals surface area contributed by atoms with Crippen molar-refractivity contribution in [3.05, 3.63) is 29.8 Å². The maximum absolute atomic E-state index is 13.6. The van der Waals surface area contributed by atoms with E-state index in [9.17, 15) is 22.3 Å². The molecule has 0 spiro atoms. The van der Waals surface area contributed by atoms with E-state index in [1.807, 2.05) is 0 Å². The van der Waals surface area contributed by atoms with Gasteiger partial charge in [-0.05, 0) is 37.5 Å². The van der Waals surface area contributed by atoms with Crippen LogP contribution in [0.2, 0.25) is 0 Å². The van der Waals surface area contributed by atoms with Crippen LogP contribution in [0.15, 0.2) is 23.1 Å². The van der Waals surface area contributed by atoms with Crippen molar-refractivity contribution in [1.29, 1.82) is 0 Å². The molecule has 1 aromatic carbocycles. The van der Waals surface area contributed by atoms with E-state index < -0.39 is 32.7 Å². The van der Waals surface area contributed by atoms with Gasteiger partial charge in [0, 0.05) is 25.7 Å². The standard InChI is InChI=1S/C15H22F2N2O3S/c1-10-5-11(2)19(8-10)9-13(20)7-18-23(21,22)15-6-12(16)3-4-14(15)17/h3-4,6,10-11,13,18,20H,5,7-9H2,1-2H3/t10?,11?,13-/m0/s1. The molecule has 1 heterocycles. The van der Waals surface area contributed by atoms with Crippen molar-refractivity contribution >= 4 is 10.0 Å². The molecule has 2 rings (SSSR count). The normalized spacial score (nSPS) is 24.0. The van der Waals surface area contributed by atoms with Crippen LogP contribution in [0.25, 0.3) is 0 Å². The second-order valence-corrected chi connectivity index (χ2v) is 7.96. The first-order valence-corrected chi connectivity index (χ1v) is 9.04. The zero-order chi connectivity index (χ0) is 17.2. The number of hydrogen-bond donors (Lipinski definition) is 2. The molecule has 0 bridgehead atoms. The molecule has 1 aliphatic heterocycles. The summed E-state index contributed by atoms with van der Waals surface area (Å²) in [6.45, 7) is 5.11. The number of nitrogens with zero attached hydrogens (tertiary/aromatic N) is 1. The number of aliphatic hydroxyl groups is 1. The number of nitrogens with one attached hydrogen (secondary N) is 1.